The topological polar surface area (TPSA) is 23.5 Å². The van der Waals surface area contributed by atoms with Crippen LogP contribution in [0.25, 0.3) is 0 Å². The minimum atomic E-state index is 0.350. The number of benzene rings is 1. The fraction of sp³-hybridized carbons (Fsp3) is 0.625. The van der Waals surface area contributed by atoms with E-state index in [-0.39, 0.29) is 0 Å². The predicted molar refractivity (Wildman–Crippen MR) is 75.7 cm³/mol. The average molecular weight is 247 g/mol. The van der Waals surface area contributed by atoms with Crippen molar-refractivity contribution in [3.8, 4) is 5.75 Å². The van der Waals surface area contributed by atoms with Crippen molar-refractivity contribution < 1.29 is 5.11 Å². The lowest BCUT2D eigenvalue weighted by molar-refractivity contribution is 0.0864. The van der Waals surface area contributed by atoms with Crippen molar-refractivity contribution in [2.75, 3.05) is 13.1 Å². The van der Waals surface area contributed by atoms with E-state index in [1.165, 1.54) is 37.9 Å². The fourth-order valence-electron chi connectivity index (χ4n) is 2.77. The fourth-order valence-corrected chi connectivity index (χ4v) is 2.77. The summed E-state index contributed by atoms with van der Waals surface area (Å²) in [7, 11) is 0. The molecule has 1 atom stereocenters. The van der Waals surface area contributed by atoms with E-state index in [1.54, 1.807) is 12.1 Å². The highest BCUT2D eigenvalue weighted by Crippen LogP contribution is 2.36. The number of piperidine rings is 1. The highest BCUT2D eigenvalue weighted by molar-refractivity contribution is 5.27. The monoisotopic (exact) mass is 247 g/mol. The molecule has 2 nitrogen and oxygen atoms in total. The van der Waals surface area contributed by atoms with E-state index in [0.29, 0.717) is 17.2 Å². The van der Waals surface area contributed by atoms with Crippen LogP contribution in [0.3, 0.4) is 0 Å². The van der Waals surface area contributed by atoms with Gasteiger partial charge in [-0.2, -0.15) is 0 Å². The molecule has 1 aliphatic rings. The molecule has 0 spiro atoms. The van der Waals surface area contributed by atoms with Gasteiger partial charge in [0, 0.05) is 6.04 Å². The maximum Gasteiger partial charge on any atom is 0.115 e. The van der Waals surface area contributed by atoms with Crippen LogP contribution in [0.4, 0.5) is 0 Å². The molecule has 1 aliphatic heterocycles. The highest BCUT2D eigenvalue weighted by atomic mass is 16.3. The SMILES string of the molecule is CCC1(C)CCN(C(C)c2ccc(O)cc2)CC1. The Labute approximate surface area is 111 Å². The molecule has 0 bridgehead atoms. The van der Waals surface area contributed by atoms with Crippen LogP contribution in [0.2, 0.25) is 0 Å². The van der Waals surface area contributed by atoms with Gasteiger partial charge in [-0.05, 0) is 56.0 Å². The molecule has 1 N–H and O–H groups in total. The Hall–Kier alpha value is -1.02. The quantitative estimate of drug-likeness (QED) is 0.873. The lowest BCUT2D eigenvalue weighted by Gasteiger charge is -2.41. The zero-order valence-electron chi connectivity index (χ0n) is 11.8. The van der Waals surface area contributed by atoms with E-state index in [1.807, 2.05) is 12.1 Å². The number of aromatic hydroxyl groups is 1. The molecule has 0 saturated carbocycles. The second kappa shape index (κ2) is 5.31. The van der Waals surface area contributed by atoms with Crippen LogP contribution in [0.1, 0.15) is 51.6 Å². The van der Waals surface area contributed by atoms with Crippen LogP contribution in [-0.2, 0) is 0 Å². The van der Waals surface area contributed by atoms with E-state index in [4.69, 9.17) is 0 Å². The second-order valence-corrected chi connectivity index (χ2v) is 5.97. The molecule has 1 heterocycles. The minimum Gasteiger partial charge on any atom is -0.508 e. The van der Waals surface area contributed by atoms with Gasteiger partial charge < -0.3 is 5.11 Å². The standard InChI is InChI=1S/C16H25NO/c1-4-16(3)9-11-17(12-10-16)13(2)14-5-7-15(18)8-6-14/h5-8,13,18H,4,9-12H2,1-3H3. The summed E-state index contributed by atoms with van der Waals surface area (Å²) < 4.78 is 0. The second-order valence-electron chi connectivity index (χ2n) is 5.97. The average Bonchev–Trinajstić information content (AvgIpc) is 2.40. The Bertz CT molecular complexity index is 377. The summed E-state index contributed by atoms with van der Waals surface area (Å²) in [5, 5.41) is 9.34. The van der Waals surface area contributed by atoms with Crippen molar-refractivity contribution in [2.45, 2.75) is 46.1 Å². The van der Waals surface area contributed by atoms with Crippen molar-refractivity contribution in [3.63, 3.8) is 0 Å². The van der Waals surface area contributed by atoms with Crippen LogP contribution in [0, 0.1) is 5.41 Å². The first-order chi connectivity index (χ1) is 8.54. The summed E-state index contributed by atoms with van der Waals surface area (Å²) in [6.07, 6.45) is 3.88. The highest BCUT2D eigenvalue weighted by Gasteiger charge is 2.30. The van der Waals surface area contributed by atoms with Crippen LogP contribution < -0.4 is 0 Å². The van der Waals surface area contributed by atoms with Gasteiger partial charge in [0.25, 0.3) is 0 Å². The molecule has 1 saturated heterocycles. The Morgan fingerprint density at radius 3 is 2.28 bits per heavy atom. The van der Waals surface area contributed by atoms with Gasteiger partial charge in [0.1, 0.15) is 5.75 Å². The minimum absolute atomic E-state index is 0.350. The van der Waals surface area contributed by atoms with Crippen molar-refractivity contribution in [2.24, 2.45) is 5.41 Å². The molecule has 2 heteroatoms. The van der Waals surface area contributed by atoms with Crippen molar-refractivity contribution >= 4 is 0 Å². The Morgan fingerprint density at radius 2 is 1.78 bits per heavy atom. The van der Waals surface area contributed by atoms with Gasteiger partial charge in [0.15, 0.2) is 0 Å². The summed E-state index contributed by atoms with van der Waals surface area (Å²) in [4.78, 5) is 2.56. The molecule has 18 heavy (non-hydrogen) atoms. The van der Waals surface area contributed by atoms with Crippen LogP contribution in [-0.4, -0.2) is 23.1 Å². The lowest BCUT2D eigenvalue weighted by atomic mass is 9.78. The third-order valence-electron chi connectivity index (χ3n) is 4.78. The smallest absolute Gasteiger partial charge is 0.115 e. The molecular weight excluding hydrogens is 222 g/mol. The number of rotatable bonds is 3. The number of phenols is 1. The van der Waals surface area contributed by atoms with E-state index in [9.17, 15) is 5.11 Å². The number of hydrogen-bond acceptors (Lipinski definition) is 2. The number of hydrogen-bond donors (Lipinski definition) is 1. The molecule has 2 rings (SSSR count). The number of likely N-dealkylation sites (tertiary alicyclic amines) is 1. The normalized spacial score (nSPS) is 21.7. The molecule has 0 amide bonds. The summed E-state index contributed by atoms with van der Waals surface area (Å²) >= 11 is 0. The molecular formula is C16H25NO. The molecule has 0 aliphatic carbocycles. The van der Waals surface area contributed by atoms with Crippen LogP contribution in [0.15, 0.2) is 24.3 Å². The van der Waals surface area contributed by atoms with Gasteiger partial charge in [-0.3, -0.25) is 4.90 Å². The molecule has 0 aromatic heterocycles. The largest absolute Gasteiger partial charge is 0.508 e. The number of phenolic OH excluding ortho intramolecular Hbond substituents is 1. The van der Waals surface area contributed by atoms with E-state index >= 15 is 0 Å². The predicted octanol–water partition coefficient (Wildman–Crippen LogP) is 3.97. The van der Waals surface area contributed by atoms with Crippen LogP contribution in [0.5, 0.6) is 5.75 Å². The lowest BCUT2D eigenvalue weighted by Crippen LogP contribution is -2.39. The van der Waals surface area contributed by atoms with Gasteiger partial charge in [-0.25, -0.2) is 0 Å². The van der Waals surface area contributed by atoms with Crippen molar-refractivity contribution in [1.82, 2.24) is 4.90 Å². The Kier molecular flexibility index (Phi) is 3.96. The van der Waals surface area contributed by atoms with Gasteiger partial charge in [-0.1, -0.05) is 32.4 Å². The zero-order valence-corrected chi connectivity index (χ0v) is 11.8. The van der Waals surface area contributed by atoms with E-state index in [2.05, 4.69) is 25.7 Å². The van der Waals surface area contributed by atoms with Gasteiger partial charge in [0.05, 0.1) is 0 Å². The molecule has 1 aromatic rings. The Morgan fingerprint density at radius 1 is 1.22 bits per heavy atom. The molecule has 1 aromatic carbocycles. The first-order valence-corrected chi connectivity index (χ1v) is 7.07. The molecule has 100 valence electrons. The van der Waals surface area contributed by atoms with Gasteiger partial charge >= 0.3 is 0 Å². The molecule has 1 unspecified atom stereocenters. The number of nitrogens with zero attached hydrogens (tertiary/aromatic N) is 1. The van der Waals surface area contributed by atoms with Crippen LogP contribution >= 0.6 is 0 Å². The summed E-state index contributed by atoms with van der Waals surface area (Å²) in [6.45, 7) is 9.36. The third kappa shape index (κ3) is 2.86. The summed E-state index contributed by atoms with van der Waals surface area (Å²) in [5.74, 6) is 0.350. The van der Waals surface area contributed by atoms with Crippen molar-refractivity contribution in [1.29, 1.82) is 0 Å². The molecule has 0 radical (unpaired) electrons. The van der Waals surface area contributed by atoms with Crippen molar-refractivity contribution in [3.05, 3.63) is 29.8 Å². The maximum absolute atomic E-state index is 9.34. The third-order valence-corrected chi connectivity index (χ3v) is 4.78. The first-order valence-electron chi connectivity index (χ1n) is 7.07. The van der Waals surface area contributed by atoms with E-state index in [0.717, 1.165) is 0 Å². The van der Waals surface area contributed by atoms with Gasteiger partial charge in [-0.15, -0.1) is 0 Å². The Balaban J connectivity index is 1.99. The maximum atomic E-state index is 9.34. The summed E-state index contributed by atoms with van der Waals surface area (Å²) in [5.41, 5.74) is 1.85. The molecule has 1 fully saturated rings. The first kappa shape index (κ1) is 13.4. The van der Waals surface area contributed by atoms with E-state index < -0.39 is 0 Å². The summed E-state index contributed by atoms with van der Waals surface area (Å²) in [6, 6.07) is 8.09. The van der Waals surface area contributed by atoms with Gasteiger partial charge in [0.2, 0.25) is 0 Å². The zero-order chi connectivity index (χ0) is 13.2.